The highest BCUT2D eigenvalue weighted by molar-refractivity contribution is 6.30. The van der Waals surface area contributed by atoms with Crippen LogP contribution in [0.5, 0.6) is 0 Å². The third-order valence-corrected chi connectivity index (χ3v) is 3.18. The largest absolute Gasteiger partial charge is 0.476 e. The second kappa shape index (κ2) is 5.34. The average molecular weight is 295 g/mol. The number of carboxylic acid groups (broad SMARTS) is 2. The molecule has 0 radical (unpaired) electrons. The van der Waals surface area contributed by atoms with Gasteiger partial charge in [-0.2, -0.15) is 0 Å². The van der Waals surface area contributed by atoms with E-state index in [0.717, 1.165) is 5.56 Å². The number of imidazole rings is 1. The number of aromatic nitrogens is 2. The summed E-state index contributed by atoms with van der Waals surface area (Å²) in [7, 11) is 0. The lowest BCUT2D eigenvalue weighted by molar-refractivity contribution is 0.0639. The number of hydrogen-bond donors (Lipinski definition) is 2. The molecule has 0 fully saturated rings. The van der Waals surface area contributed by atoms with Crippen molar-refractivity contribution in [3.05, 3.63) is 52.6 Å². The zero-order valence-electron chi connectivity index (χ0n) is 10.4. The van der Waals surface area contributed by atoms with Gasteiger partial charge in [0.15, 0.2) is 11.4 Å². The van der Waals surface area contributed by atoms with Crippen molar-refractivity contribution in [3.63, 3.8) is 0 Å². The summed E-state index contributed by atoms with van der Waals surface area (Å²) in [5.41, 5.74) is -0.0781. The Morgan fingerprint density at radius 3 is 2.55 bits per heavy atom. The topological polar surface area (TPSA) is 92.4 Å². The highest BCUT2D eigenvalue weighted by Gasteiger charge is 2.25. The molecule has 0 amide bonds. The van der Waals surface area contributed by atoms with Crippen molar-refractivity contribution in [3.8, 4) is 0 Å². The smallest absolute Gasteiger partial charge is 0.357 e. The van der Waals surface area contributed by atoms with Crippen molar-refractivity contribution in [1.82, 2.24) is 9.55 Å². The van der Waals surface area contributed by atoms with Crippen LogP contribution in [0.25, 0.3) is 0 Å². The summed E-state index contributed by atoms with van der Waals surface area (Å²) in [4.78, 5) is 25.9. The number of carboxylic acids is 2. The van der Waals surface area contributed by atoms with Crippen molar-refractivity contribution in [2.45, 2.75) is 13.0 Å². The number of rotatable bonds is 4. The van der Waals surface area contributed by atoms with Crippen molar-refractivity contribution in [1.29, 1.82) is 0 Å². The van der Waals surface area contributed by atoms with E-state index < -0.39 is 23.7 Å². The van der Waals surface area contributed by atoms with E-state index in [0.29, 0.717) is 5.02 Å². The molecule has 0 aliphatic rings. The van der Waals surface area contributed by atoms with Crippen LogP contribution in [-0.2, 0) is 0 Å². The molecular formula is C13H11ClN2O4. The normalized spacial score (nSPS) is 12.1. The number of nitrogens with zero attached hydrogens (tertiary/aromatic N) is 2. The predicted molar refractivity (Wildman–Crippen MR) is 71.4 cm³/mol. The molecule has 0 spiro atoms. The van der Waals surface area contributed by atoms with Gasteiger partial charge in [0.2, 0.25) is 0 Å². The number of hydrogen-bond acceptors (Lipinski definition) is 3. The lowest BCUT2D eigenvalue weighted by atomic mass is 10.1. The molecule has 104 valence electrons. The quantitative estimate of drug-likeness (QED) is 0.904. The molecule has 0 saturated heterocycles. The van der Waals surface area contributed by atoms with E-state index in [2.05, 4.69) is 4.98 Å². The van der Waals surface area contributed by atoms with Crippen LogP contribution in [0, 0.1) is 0 Å². The Bertz CT molecular complexity index is 681. The fraction of sp³-hybridized carbons (Fsp3) is 0.154. The van der Waals surface area contributed by atoms with Crippen LogP contribution in [0.15, 0.2) is 30.6 Å². The maximum atomic E-state index is 11.3. The lowest BCUT2D eigenvalue weighted by Gasteiger charge is -2.15. The van der Waals surface area contributed by atoms with E-state index in [1.165, 1.54) is 10.9 Å². The summed E-state index contributed by atoms with van der Waals surface area (Å²) >= 11 is 5.90. The van der Waals surface area contributed by atoms with Gasteiger partial charge >= 0.3 is 11.9 Å². The molecule has 0 aliphatic heterocycles. The minimum absolute atomic E-state index is 0.357. The molecule has 2 rings (SSSR count). The molecule has 0 aliphatic carbocycles. The summed E-state index contributed by atoms with van der Waals surface area (Å²) in [5, 5.41) is 18.7. The van der Waals surface area contributed by atoms with Crippen LogP contribution >= 0.6 is 11.6 Å². The molecule has 7 heteroatoms. The molecule has 1 aromatic carbocycles. The van der Waals surface area contributed by atoms with Gasteiger partial charge < -0.3 is 14.8 Å². The first-order valence-electron chi connectivity index (χ1n) is 5.70. The van der Waals surface area contributed by atoms with E-state index in [-0.39, 0.29) is 5.69 Å². The minimum atomic E-state index is -1.38. The molecule has 1 aromatic heterocycles. The minimum Gasteiger partial charge on any atom is -0.476 e. The monoisotopic (exact) mass is 294 g/mol. The molecule has 6 nitrogen and oxygen atoms in total. The number of carbonyl (C=O) groups is 2. The van der Waals surface area contributed by atoms with Gasteiger partial charge in [0, 0.05) is 5.02 Å². The predicted octanol–water partition coefficient (Wildman–Crippen LogP) is 2.54. The van der Waals surface area contributed by atoms with Crippen LogP contribution in [0.3, 0.4) is 0 Å². The van der Waals surface area contributed by atoms with Gasteiger partial charge in [-0.3, -0.25) is 0 Å². The summed E-state index contributed by atoms with van der Waals surface area (Å²) in [6, 6.07) is 6.51. The Kier molecular flexibility index (Phi) is 3.76. The Balaban J connectivity index is 2.52. The first-order chi connectivity index (χ1) is 9.41. The van der Waals surface area contributed by atoms with Crippen molar-refractivity contribution in [2.24, 2.45) is 0 Å². The van der Waals surface area contributed by atoms with Gasteiger partial charge in [-0.05, 0) is 24.6 Å². The van der Waals surface area contributed by atoms with Crippen molar-refractivity contribution in [2.75, 3.05) is 0 Å². The van der Waals surface area contributed by atoms with E-state index >= 15 is 0 Å². The van der Waals surface area contributed by atoms with E-state index in [4.69, 9.17) is 16.7 Å². The van der Waals surface area contributed by atoms with Crippen molar-refractivity contribution >= 4 is 23.5 Å². The Hall–Kier alpha value is -2.34. The lowest BCUT2D eigenvalue weighted by Crippen LogP contribution is -2.16. The summed E-state index contributed by atoms with van der Waals surface area (Å²) in [5.74, 6) is -2.71. The zero-order chi connectivity index (χ0) is 14.9. The van der Waals surface area contributed by atoms with Gasteiger partial charge in [0.05, 0.1) is 12.4 Å². The molecule has 0 bridgehead atoms. The number of benzene rings is 1. The molecule has 1 heterocycles. The van der Waals surface area contributed by atoms with E-state index in [1.54, 1.807) is 31.2 Å². The van der Waals surface area contributed by atoms with Crippen LogP contribution in [-0.4, -0.2) is 31.7 Å². The molecule has 20 heavy (non-hydrogen) atoms. The van der Waals surface area contributed by atoms with Gasteiger partial charge in [-0.1, -0.05) is 23.7 Å². The van der Waals surface area contributed by atoms with Crippen LogP contribution in [0.2, 0.25) is 5.02 Å². The third kappa shape index (κ3) is 2.50. The number of halogens is 1. The first kappa shape index (κ1) is 14.1. The van der Waals surface area contributed by atoms with Crippen molar-refractivity contribution < 1.29 is 19.8 Å². The Labute approximate surface area is 119 Å². The molecule has 0 saturated carbocycles. The molecule has 2 aromatic rings. The molecular weight excluding hydrogens is 284 g/mol. The Morgan fingerprint density at radius 1 is 1.30 bits per heavy atom. The van der Waals surface area contributed by atoms with E-state index in [1.807, 2.05) is 0 Å². The van der Waals surface area contributed by atoms with Gasteiger partial charge in [0.1, 0.15) is 0 Å². The summed E-state index contributed by atoms with van der Waals surface area (Å²) in [6.45, 7) is 1.74. The summed E-state index contributed by atoms with van der Waals surface area (Å²) in [6.07, 6.45) is 1.21. The maximum absolute atomic E-state index is 11.3. The molecule has 2 N–H and O–H groups in total. The van der Waals surface area contributed by atoms with Crippen LogP contribution in [0.1, 0.15) is 39.5 Å². The molecule has 1 unspecified atom stereocenters. The zero-order valence-corrected chi connectivity index (χ0v) is 11.2. The van der Waals surface area contributed by atoms with Crippen LogP contribution in [0.4, 0.5) is 0 Å². The molecule has 1 atom stereocenters. The number of aromatic carboxylic acids is 2. The Morgan fingerprint density at radius 2 is 2.00 bits per heavy atom. The second-order valence-electron chi connectivity index (χ2n) is 4.19. The standard InChI is InChI=1S/C13H11ClN2O4/c1-7(8-3-2-4-9(14)5-8)16-6-15-10(12(17)18)11(16)13(19)20/h2-7H,1H3,(H,17,18)(H,19,20). The fourth-order valence-electron chi connectivity index (χ4n) is 1.95. The van der Waals surface area contributed by atoms with E-state index in [9.17, 15) is 14.7 Å². The maximum Gasteiger partial charge on any atom is 0.357 e. The average Bonchev–Trinajstić information content (AvgIpc) is 2.82. The van der Waals surface area contributed by atoms with Crippen LogP contribution < -0.4 is 0 Å². The highest BCUT2D eigenvalue weighted by Crippen LogP contribution is 2.24. The third-order valence-electron chi connectivity index (χ3n) is 2.95. The SMILES string of the molecule is CC(c1cccc(Cl)c1)n1cnc(C(=O)O)c1C(=O)O. The fourth-order valence-corrected chi connectivity index (χ4v) is 2.15. The van der Waals surface area contributed by atoms with Gasteiger partial charge in [0.25, 0.3) is 0 Å². The first-order valence-corrected chi connectivity index (χ1v) is 6.08. The van der Waals surface area contributed by atoms with Gasteiger partial charge in [-0.15, -0.1) is 0 Å². The van der Waals surface area contributed by atoms with Gasteiger partial charge in [-0.25, -0.2) is 14.6 Å². The highest BCUT2D eigenvalue weighted by atomic mass is 35.5. The second-order valence-corrected chi connectivity index (χ2v) is 4.63. The summed E-state index contributed by atoms with van der Waals surface area (Å²) < 4.78 is 1.30.